The third-order valence-electron chi connectivity index (χ3n) is 3.75. The predicted octanol–water partition coefficient (Wildman–Crippen LogP) is 3.70. The van der Waals surface area contributed by atoms with Crippen molar-refractivity contribution in [2.75, 3.05) is 6.54 Å². The maximum Gasteiger partial charge on any atom is 0.254 e. The molecule has 0 saturated carbocycles. The van der Waals surface area contributed by atoms with Crippen LogP contribution >= 0.6 is 11.6 Å². The van der Waals surface area contributed by atoms with Crippen LogP contribution in [0.2, 0.25) is 5.15 Å². The van der Waals surface area contributed by atoms with Crippen molar-refractivity contribution in [3.63, 3.8) is 0 Å². The Hall–Kier alpha value is -1.09. The average Bonchev–Trinajstić information content (AvgIpc) is 2.67. The van der Waals surface area contributed by atoms with Gasteiger partial charge in [0.15, 0.2) is 0 Å². The van der Waals surface area contributed by atoms with E-state index in [0.29, 0.717) is 10.7 Å². The summed E-state index contributed by atoms with van der Waals surface area (Å²) in [5.41, 5.74) is 1.51. The minimum Gasteiger partial charge on any atom is -0.334 e. The Bertz CT molecular complexity index is 485. The van der Waals surface area contributed by atoms with Gasteiger partial charge in [0.25, 0.3) is 5.91 Å². The Morgan fingerprint density at radius 2 is 2.21 bits per heavy atom. The van der Waals surface area contributed by atoms with Gasteiger partial charge >= 0.3 is 0 Å². The first kappa shape index (κ1) is 14.3. The van der Waals surface area contributed by atoms with Gasteiger partial charge in [0.1, 0.15) is 5.15 Å². The maximum atomic E-state index is 12.6. The van der Waals surface area contributed by atoms with Crippen LogP contribution in [0.25, 0.3) is 0 Å². The summed E-state index contributed by atoms with van der Waals surface area (Å²) in [5, 5.41) is 0.409. The second kappa shape index (κ2) is 5.49. The fraction of sp³-hybridized carbons (Fsp3) is 0.600. The first-order valence-corrected chi connectivity index (χ1v) is 7.30. The first-order chi connectivity index (χ1) is 8.94. The van der Waals surface area contributed by atoms with Crippen molar-refractivity contribution in [1.29, 1.82) is 0 Å². The largest absolute Gasteiger partial charge is 0.334 e. The van der Waals surface area contributed by atoms with E-state index < -0.39 is 0 Å². The van der Waals surface area contributed by atoms with Crippen LogP contribution in [0.3, 0.4) is 0 Å². The second-order valence-corrected chi connectivity index (χ2v) is 6.18. The van der Waals surface area contributed by atoms with Gasteiger partial charge in [0.05, 0.1) is 0 Å². The summed E-state index contributed by atoms with van der Waals surface area (Å²) in [7, 11) is 0. The van der Waals surface area contributed by atoms with Crippen molar-refractivity contribution in [3.05, 3.63) is 28.5 Å². The Kier molecular flexibility index (Phi) is 4.14. The average molecular weight is 281 g/mol. The molecule has 0 radical (unpaired) electrons. The van der Waals surface area contributed by atoms with Crippen LogP contribution in [-0.4, -0.2) is 27.9 Å². The summed E-state index contributed by atoms with van der Waals surface area (Å²) < 4.78 is 0. The number of amides is 1. The zero-order valence-electron chi connectivity index (χ0n) is 11.9. The van der Waals surface area contributed by atoms with E-state index in [1.54, 1.807) is 6.07 Å². The summed E-state index contributed by atoms with van der Waals surface area (Å²) >= 11 is 6.03. The molecule has 1 saturated heterocycles. The number of aryl methyl sites for hydroxylation is 1. The van der Waals surface area contributed by atoms with Crippen LogP contribution in [0.4, 0.5) is 0 Å². The number of carbonyl (C=O) groups excluding carboxylic acids is 1. The molecule has 1 fully saturated rings. The van der Waals surface area contributed by atoms with E-state index in [2.05, 4.69) is 25.8 Å². The topological polar surface area (TPSA) is 33.2 Å². The van der Waals surface area contributed by atoms with Crippen molar-refractivity contribution in [2.24, 2.45) is 0 Å². The molecular weight excluding hydrogens is 260 g/mol. The molecule has 1 aliphatic heterocycles. The minimum absolute atomic E-state index is 0.0578. The fourth-order valence-corrected chi connectivity index (χ4v) is 2.92. The summed E-state index contributed by atoms with van der Waals surface area (Å²) in [6.45, 7) is 7.16. The van der Waals surface area contributed by atoms with Crippen LogP contribution in [0.5, 0.6) is 0 Å². The first-order valence-electron chi connectivity index (χ1n) is 6.92. The Morgan fingerprint density at radius 1 is 1.47 bits per heavy atom. The zero-order chi connectivity index (χ0) is 14.0. The van der Waals surface area contributed by atoms with Crippen LogP contribution in [0.1, 0.15) is 56.1 Å². The van der Waals surface area contributed by atoms with E-state index in [0.717, 1.165) is 37.9 Å². The third kappa shape index (κ3) is 3.08. The Morgan fingerprint density at radius 3 is 2.79 bits per heavy atom. The lowest BCUT2D eigenvalue weighted by Crippen LogP contribution is -2.42. The molecular formula is C15H21ClN2O. The van der Waals surface area contributed by atoms with E-state index in [1.165, 1.54) is 0 Å². The van der Waals surface area contributed by atoms with Gasteiger partial charge in [-0.15, -0.1) is 0 Å². The van der Waals surface area contributed by atoms with Gasteiger partial charge in [-0.2, -0.15) is 0 Å². The van der Waals surface area contributed by atoms with E-state index in [1.807, 2.05) is 11.0 Å². The number of carbonyl (C=O) groups is 1. The van der Waals surface area contributed by atoms with Gasteiger partial charge < -0.3 is 4.90 Å². The second-order valence-electron chi connectivity index (χ2n) is 5.79. The van der Waals surface area contributed by atoms with Gasteiger partial charge in [-0.05, 0) is 45.2 Å². The highest BCUT2D eigenvalue weighted by Gasteiger charge is 2.35. The van der Waals surface area contributed by atoms with Crippen LogP contribution in [0.15, 0.2) is 12.1 Å². The smallest absolute Gasteiger partial charge is 0.254 e. The molecule has 2 heterocycles. The molecule has 0 atom stereocenters. The molecule has 0 N–H and O–H groups in total. The summed E-state index contributed by atoms with van der Waals surface area (Å²) in [4.78, 5) is 18.8. The van der Waals surface area contributed by atoms with Crippen molar-refractivity contribution in [2.45, 2.75) is 52.0 Å². The number of hydrogen-bond acceptors (Lipinski definition) is 2. The quantitative estimate of drug-likeness (QED) is 0.791. The highest BCUT2D eigenvalue weighted by atomic mass is 35.5. The molecule has 0 spiro atoms. The minimum atomic E-state index is -0.0578. The maximum absolute atomic E-state index is 12.6. The molecule has 2 rings (SSSR count). The van der Waals surface area contributed by atoms with E-state index >= 15 is 0 Å². The van der Waals surface area contributed by atoms with E-state index in [4.69, 9.17) is 11.6 Å². The normalized spacial score (nSPS) is 17.8. The van der Waals surface area contributed by atoms with Crippen LogP contribution in [-0.2, 0) is 6.42 Å². The van der Waals surface area contributed by atoms with Crippen LogP contribution in [0, 0.1) is 0 Å². The molecule has 0 unspecified atom stereocenters. The van der Waals surface area contributed by atoms with E-state index in [9.17, 15) is 4.79 Å². The van der Waals surface area contributed by atoms with Gasteiger partial charge in [-0.25, -0.2) is 4.98 Å². The van der Waals surface area contributed by atoms with Gasteiger partial charge in [-0.1, -0.05) is 24.9 Å². The molecule has 1 aromatic heterocycles. The van der Waals surface area contributed by atoms with Gasteiger partial charge in [-0.3, -0.25) is 4.79 Å². The lowest BCUT2D eigenvalue weighted by Gasteiger charge is -2.31. The van der Waals surface area contributed by atoms with Crippen LogP contribution < -0.4 is 0 Å². The summed E-state index contributed by atoms with van der Waals surface area (Å²) in [6.07, 6.45) is 3.97. The molecule has 4 heteroatoms. The Balaban J connectivity index is 2.28. The highest BCUT2D eigenvalue weighted by molar-refractivity contribution is 6.29. The Labute approximate surface area is 120 Å². The van der Waals surface area contributed by atoms with Crippen molar-refractivity contribution in [1.82, 2.24) is 9.88 Å². The molecule has 0 bridgehead atoms. The molecule has 19 heavy (non-hydrogen) atoms. The molecule has 0 aromatic carbocycles. The predicted molar refractivity (Wildman–Crippen MR) is 77.6 cm³/mol. The molecule has 1 aliphatic rings. The SMILES string of the molecule is CCCc1cc(C(=O)N2CCCC2(C)C)cc(Cl)n1. The lowest BCUT2D eigenvalue weighted by molar-refractivity contribution is 0.0651. The number of halogens is 1. The molecule has 1 aromatic rings. The number of rotatable bonds is 3. The molecule has 3 nitrogen and oxygen atoms in total. The van der Waals surface area contributed by atoms with Crippen molar-refractivity contribution in [3.8, 4) is 0 Å². The number of likely N-dealkylation sites (tertiary alicyclic amines) is 1. The monoisotopic (exact) mass is 280 g/mol. The number of aromatic nitrogens is 1. The highest BCUT2D eigenvalue weighted by Crippen LogP contribution is 2.30. The zero-order valence-corrected chi connectivity index (χ0v) is 12.6. The number of nitrogens with zero attached hydrogens (tertiary/aromatic N) is 2. The molecule has 104 valence electrons. The molecule has 0 aliphatic carbocycles. The molecule has 1 amide bonds. The van der Waals surface area contributed by atoms with Gasteiger partial charge in [0, 0.05) is 23.3 Å². The third-order valence-corrected chi connectivity index (χ3v) is 3.94. The summed E-state index contributed by atoms with van der Waals surface area (Å²) in [5.74, 6) is 0.0733. The summed E-state index contributed by atoms with van der Waals surface area (Å²) in [6, 6.07) is 3.56. The van der Waals surface area contributed by atoms with Crippen molar-refractivity contribution < 1.29 is 4.79 Å². The standard InChI is InChI=1S/C15H21ClN2O/c1-4-6-12-9-11(10-13(16)17-12)14(19)18-8-5-7-15(18,2)3/h9-10H,4-8H2,1-3H3. The lowest BCUT2D eigenvalue weighted by atomic mass is 10.0. The number of hydrogen-bond donors (Lipinski definition) is 0. The fourth-order valence-electron chi connectivity index (χ4n) is 2.70. The van der Waals surface area contributed by atoms with Crippen molar-refractivity contribution >= 4 is 17.5 Å². The van der Waals surface area contributed by atoms with Gasteiger partial charge in [0.2, 0.25) is 0 Å². The van der Waals surface area contributed by atoms with E-state index in [-0.39, 0.29) is 11.4 Å². The number of pyridine rings is 1.